The number of allylic oxidation sites excluding steroid dienone is 1. The lowest BCUT2D eigenvalue weighted by Crippen LogP contribution is -2.33. The fourth-order valence-corrected chi connectivity index (χ4v) is 5.80. The second-order valence-electron chi connectivity index (χ2n) is 10.9. The first-order chi connectivity index (χ1) is 23.2. The number of nitrogens with zero attached hydrogens (tertiary/aromatic N) is 1. The summed E-state index contributed by atoms with van der Waals surface area (Å²) in [5.41, 5.74) is 4.89. The van der Waals surface area contributed by atoms with E-state index in [1.54, 1.807) is 30.3 Å². The highest BCUT2D eigenvalue weighted by atomic mass is 79.9. The SMILES string of the molecule is COC(=O)c1cc(NC[C@@H]2CCO2)c(NC(=O)Cc2ccc(Br)cc2C/C=C/c2cc(Cl)ccc2COc2cccc(Cl)n2)c(OC)c1. The molecule has 0 unspecified atom stereocenters. The molecule has 3 aromatic carbocycles. The van der Waals surface area contributed by atoms with Crippen LogP contribution in [0, 0.1) is 0 Å². The van der Waals surface area contributed by atoms with Crippen molar-refractivity contribution in [3.63, 3.8) is 0 Å². The molecule has 4 aromatic rings. The monoisotopic (exact) mass is 753 g/mol. The Kier molecular flexibility index (Phi) is 12.4. The van der Waals surface area contributed by atoms with Gasteiger partial charge in [0.15, 0.2) is 0 Å². The topological polar surface area (TPSA) is 108 Å². The number of hydrogen-bond acceptors (Lipinski definition) is 8. The summed E-state index contributed by atoms with van der Waals surface area (Å²) in [4.78, 5) is 30.1. The fourth-order valence-electron chi connectivity index (χ4n) is 5.05. The Bertz CT molecular complexity index is 1810. The van der Waals surface area contributed by atoms with Crippen molar-refractivity contribution >= 4 is 68.5 Å². The highest BCUT2D eigenvalue weighted by Gasteiger charge is 2.22. The molecule has 1 aliphatic heterocycles. The summed E-state index contributed by atoms with van der Waals surface area (Å²) < 4.78 is 22.8. The molecule has 0 aliphatic carbocycles. The standard InChI is InChI=1S/C36H34BrCl2N3O6/c1-45-31-18-26(36(44)46-2)17-30(40-20-29-13-14-47-29)35(31)42-33(43)19-24-9-11-27(37)15-22(24)5-3-6-23-16-28(38)12-10-25(23)21-48-34-8-4-7-32(39)41-34/h3-4,6-12,15-18,29,40H,5,13-14,19-21H2,1-2H3,(H,42,43)/b6-3+/t29-/m0/s1. The van der Waals surface area contributed by atoms with Crippen LogP contribution in [0.4, 0.5) is 11.4 Å². The van der Waals surface area contributed by atoms with Gasteiger partial charge in [-0.2, -0.15) is 0 Å². The van der Waals surface area contributed by atoms with Crippen molar-refractivity contribution in [3.05, 3.63) is 115 Å². The maximum Gasteiger partial charge on any atom is 0.338 e. The van der Waals surface area contributed by atoms with E-state index in [1.165, 1.54) is 14.2 Å². The summed E-state index contributed by atoms with van der Waals surface area (Å²) in [5.74, 6) is -0.0119. The Balaban J connectivity index is 1.31. The molecule has 0 bridgehead atoms. The number of carbonyl (C=O) groups is 2. The predicted octanol–water partition coefficient (Wildman–Crippen LogP) is 8.16. The van der Waals surface area contributed by atoms with Crippen LogP contribution >= 0.6 is 39.1 Å². The maximum absolute atomic E-state index is 13.5. The van der Waals surface area contributed by atoms with Crippen molar-refractivity contribution in [2.24, 2.45) is 0 Å². The van der Waals surface area contributed by atoms with Gasteiger partial charge in [0.2, 0.25) is 11.8 Å². The maximum atomic E-state index is 13.5. The minimum absolute atomic E-state index is 0.0511. The van der Waals surface area contributed by atoms with E-state index in [0.717, 1.165) is 33.1 Å². The molecule has 0 spiro atoms. The number of halogens is 3. The third-order valence-corrected chi connectivity index (χ3v) is 8.59. The number of esters is 1. The van der Waals surface area contributed by atoms with Gasteiger partial charge in [0.25, 0.3) is 0 Å². The van der Waals surface area contributed by atoms with Crippen LogP contribution < -0.4 is 20.1 Å². The lowest BCUT2D eigenvalue weighted by Gasteiger charge is -2.27. The van der Waals surface area contributed by atoms with Crippen LogP contribution in [-0.2, 0) is 33.7 Å². The van der Waals surface area contributed by atoms with Crippen molar-refractivity contribution in [2.75, 3.05) is 38.0 Å². The summed E-state index contributed by atoms with van der Waals surface area (Å²) in [6, 6.07) is 19.8. The summed E-state index contributed by atoms with van der Waals surface area (Å²) in [6.45, 7) is 1.50. The zero-order valence-electron chi connectivity index (χ0n) is 26.4. The average Bonchev–Trinajstić information content (AvgIpc) is 3.05. The number of carbonyl (C=O) groups excluding carboxylic acids is 2. The minimum atomic E-state index is -0.516. The van der Waals surface area contributed by atoms with Gasteiger partial charge < -0.3 is 29.6 Å². The lowest BCUT2D eigenvalue weighted by atomic mass is 10.00. The van der Waals surface area contributed by atoms with E-state index in [-0.39, 0.29) is 25.0 Å². The zero-order chi connectivity index (χ0) is 34.0. The number of methoxy groups -OCH3 is 2. The summed E-state index contributed by atoms with van der Waals surface area (Å²) in [6.07, 6.45) is 5.64. The molecule has 48 heavy (non-hydrogen) atoms. The fraction of sp³-hybridized carbons (Fsp3) is 0.250. The summed E-state index contributed by atoms with van der Waals surface area (Å²) >= 11 is 15.9. The Morgan fingerprint density at radius 3 is 2.58 bits per heavy atom. The van der Waals surface area contributed by atoms with Gasteiger partial charge in [-0.1, -0.05) is 69.5 Å². The Labute approximate surface area is 297 Å². The molecule has 250 valence electrons. The van der Waals surface area contributed by atoms with Gasteiger partial charge in [0.1, 0.15) is 23.2 Å². The number of ether oxygens (including phenoxy) is 4. The van der Waals surface area contributed by atoms with Crippen molar-refractivity contribution < 1.29 is 28.5 Å². The van der Waals surface area contributed by atoms with Crippen LogP contribution in [-0.4, -0.2) is 50.3 Å². The highest BCUT2D eigenvalue weighted by molar-refractivity contribution is 9.10. The van der Waals surface area contributed by atoms with Gasteiger partial charge in [0, 0.05) is 28.7 Å². The quantitative estimate of drug-likeness (QED) is 0.0981. The Morgan fingerprint density at radius 1 is 1.04 bits per heavy atom. The van der Waals surface area contributed by atoms with E-state index in [9.17, 15) is 9.59 Å². The smallest absolute Gasteiger partial charge is 0.338 e. The van der Waals surface area contributed by atoms with Crippen LogP contribution in [0.15, 0.2) is 77.3 Å². The molecule has 9 nitrogen and oxygen atoms in total. The van der Waals surface area contributed by atoms with Gasteiger partial charge in [-0.25, -0.2) is 9.78 Å². The largest absolute Gasteiger partial charge is 0.494 e. The molecule has 1 amide bonds. The minimum Gasteiger partial charge on any atom is -0.494 e. The second kappa shape index (κ2) is 16.8. The van der Waals surface area contributed by atoms with Gasteiger partial charge in [-0.05, 0) is 77.6 Å². The number of amides is 1. The van der Waals surface area contributed by atoms with Crippen molar-refractivity contribution in [3.8, 4) is 11.6 Å². The van der Waals surface area contributed by atoms with E-state index in [4.69, 9.17) is 42.1 Å². The number of benzene rings is 3. The van der Waals surface area contributed by atoms with E-state index < -0.39 is 5.97 Å². The predicted molar refractivity (Wildman–Crippen MR) is 191 cm³/mol. The first-order valence-electron chi connectivity index (χ1n) is 15.2. The number of rotatable bonds is 14. The molecule has 2 N–H and O–H groups in total. The first-order valence-corrected chi connectivity index (χ1v) is 16.7. The van der Waals surface area contributed by atoms with Gasteiger partial charge in [0.05, 0.1) is 38.0 Å². The van der Waals surface area contributed by atoms with Crippen LogP contribution in [0.2, 0.25) is 10.2 Å². The Morgan fingerprint density at radius 2 is 1.85 bits per heavy atom. The van der Waals surface area contributed by atoms with E-state index in [1.807, 2.05) is 48.6 Å². The summed E-state index contributed by atoms with van der Waals surface area (Å²) in [5, 5.41) is 7.26. The average molecular weight is 755 g/mol. The number of nitrogens with one attached hydrogen (secondary N) is 2. The van der Waals surface area contributed by atoms with Crippen LogP contribution in [0.5, 0.6) is 11.6 Å². The van der Waals surface area contributed by atoms with E-state index in [2.05, 4.69) is 31.5 Å². The molecular formula is C36H34BrCl2N3O6. The second-order valence-corrected chi connectivity index (χ2v) is 12.7. The third kappa shape index (κ3) is 9.50. The Hall–Kier alpha value is -4.09. The zero-order valence-corrected chi connectivity index (χ0v) is 29.5. The number of pyridine rings is 1. The molecule has 1 aliphatic rings. The van der Waals surface area contributed by atoms with Crippen LogP contribution in [0.25, 0.3) is 6.08 Å². The molecule has 5 rings (SSSR count). The summed E-state index contributed by atoms with van der Waals surface area (Å²) in [7, 11) is 2.79. The van der Waals surface area contributed by atoms with Gasteiger partial charge in [-0.3, -0.25) is 4.79 Å². The number of hydrogen-bond donors (Lipinski definition) is 2. The number of aromatic nitrogens is 1. The van der Waals surface area contributed by atoms with E-state index in [0.29, 0.717) is 58.3 Å². The molecule has 1 atom stereocenters. The van der Waals surface area contributed by atoms with Crippen molar-refractivity contribution in [1.82, 2.24) is 4.98 Å². The van der Waals surface area contributed by atoms with Crippen molar-refractivity contribution in [1.29, 1.82) is 0 Å². The van der Waals surface area contributed by atoms with Gasteiger partial charge >= 0.3 is 5.97 Å². The van der Waals surface area contributed by atoms with Crippen LogP contribution in [0.1, 0.15) is 39.0 Å². The molecule has 0 saturated carbocycles. The molecule has 1 saturated heterocycles. The molecule has 1 fully saturated rings. The highest BCUT2D eigenvalue weighted by Crippen LogP contribution is 2.35. The van der Waals surface area contributed by atoms with E-state index >= 15 is 0 Å². The molecule has 0 radical (unpaired) electrons. The molecule has 2 heterocycles. The first kappa shape index (κ1) is 35.2. The van der Waals surface area contributed by atoms with Crippen molar-refractivity contribution in [2.45, 2.75) is 32.0 Å². The lowest BCUT2D eigenvalue weighted by molar-refractivity contribution is -0.115. The number of anilines is 2. The molecular weight excluding hydrogens is 721 g/mol. The normalized spacial score (nSPS) is 13.9. The third-order valence-electron chi connectivity index (χ3n) is 7.65. The molecule has 1 aromatic heterocycles. The van der Waals surface area contributed by atoms with Crippen LogP contribution in [0.3, 0.4) is 0 Å². The van der Waals surface area contributed by atoms with Gasteiger partial charge in [-0.15, -0.1) is 0 Å². The molecule has 12 heteroatoms.